The summed E-state index contributed by atoms with van der Waals surface area (Å²) < 4.78 is 1.50. The van der Waals surface area contributed by atoms with Gasteiger partial charge in [-0.3, -0.25) is 24.0 Å². The van der Waals surface area contributed by atoms with Crippen LogP contribution in [-0.4, -0.2) is 55.7 Å². The first-order chi connectivity index (χ1) is 16.4. The Kier molecular flexibility index (Phi) is 5.65. The summed E-state index contributed by atoms with van der Waals surface area (Å²) in [6.07, 6.45) is 2.78. The van der Waals surface area contributed by atoms with E-state index in [0.29, 0.717) is 41.1 Å². The van der Waals surface area contributed by atoms with E-state index < -0.39 is 0 Å². The molecule has 0 atom stereocenters. The zero-order chi connectivity index (χ0) is 24.0. The fourth-order valence-electron chi connectivity index (χ4n) is 4.60. The molecule has 1 aliphatic rings. The number of nitrogens with one attached hydrogen (secondary N) is 1. The molecular formula is C25H25N5O3S. The molecule has 9 heteroatoms. The van der Waals surface area contributed by atoms with Crippen LogP contribution in [0, 0.1) is 6.92 Å². The highest BCUT2D eigenvalue weighted by Crippen LogP contribution is 2.25. The number of nitrogens with zero attached hydrogens (tertiary/aromatic N) is 4. The standard InChI is InChI=1S/C25H25N5O3S/c1-15-19(17-7-4-5-8-20(17)26-15)14-22(31)29-11-6-12-30(29)23(32)16-9-10-18-21(13-16)27-25(34-3)28(2)24(18)33/h4-5,7-10,13,26H,6,11-12,14H2,1-3H3. The summed E-state index contributed by atoms with van der Waals surface area (Å²) in [5.74, 6) is -0.382. The van der Waals surface area contributed by atoms with E-state index in [4.69, 9.17) is 0 Å². The van der Waals surface area contributed by atoms with Crippen molar-refractivity contribution in [3.63, 3.8) is 0 Å². The second-order valence-corrected chi connectivity index (χ2v) is 9.22. The molecule has 0 aliphatic carbocycles. The molecule has 34 heavy (non-hydrogen) atoms. The van der Waals surface area contributed by atoms with Crippen molar-refractivity contribution < 1.29 is 9.59 Å². The van der Waals surface area contributed by atoms with Gasteiger partial charge in [-0.1, -0.05) is 30.0 Å². The van der Waals surface area contributed by atoms with Gasteiger partial charge in [-0.15, -0.1) is 0 Å². The first-order valence-electron chi connectivity index (χ1n) is 11.1. The molecule has 1 N–H and O–H groups in total. The molecule has 3 heterocycles. The average Bonchev–Trinajstić information content (AvgIpc) is 3.45. The molecule has 4 aromatic rings. The molecule has 0 spiro atoms. The Morgan fingerprint density at radius 2 is 1.85 bits per heavy atom. The van der Waals surface area contributed by atoms with Crippen LogP contribution in [-0.2, 0) is 18.3 Å². The van der Waals surface area contributed by atoms with Crippen molar-refractivity contribution in [1.82, 2.24) is 24.6 Å². The lowest BCUT2D eigenvalue weighted by Gasteiger charge is -2.28. The van der Waals surface area contributed by atoms with Gasteiger partial charge in [-0.25, -0.2) is 9.99 Å². The van der Waals surface area contributed by atoms with Crippen molar-refractivity contribution in [2.24, 2.45) is 7.05 Å². The molecule has 1 saturated heterocycles. The molecule has 5 rings (SSSR count). The van der Waals surface area contributed by atoms with Crippen LogP contribution in [0.15, 0.2) is 52.4 Å². The summed E-state index contributed by atoms with van der Waals surface area (Å²) in [7, 11) is 1.68. The lowest BCUT2D eigenvalue weighted by atomic mass is 10.1. The third kappa shape index (κ3) is 3.66. The number of aromatic nitrogens is 3. The Morgan fingerprint density at radius 1 is 1.09 bits per heavy atom. The maximum atomic E-state index is 13.4. The second-order valence-electron chi connectivity index (χ2n) is 8.44. The number of aryl methyl sites for hydroxylation is 1. The normalized spacial score (nSPS) is 13.9. The van der Waals surface area contributed by atoms with Gasteiger partial charge < -0.3 is 4.98 Å². The Bertz CT molecular complexity index is 1510. The zero-order valence-electron chi connectivity index (χ0n) is 19.3. The predicted molar refractivity (Wildman–Crippen MR) is 133 cm³/mol. The van der Waals surface area contributed by atoms with E-state index in [9.17, 15) is 14.4 Å². The third-order valence-electron chi connectivity index (χ3n) is 6.37. The maximum Gasteiger partial charge on any atom is 0.272 e. The van der Waals surface area contributed by atoms with Gasteiger partial charge in [0.1, 0.15) is 0 Å². The van der Waals surface area contributed by atoms with E-state index in [-0.39, 0.29) is 23.8 Å². The SMILES string of the molecule is CSc1nc2cc(C(=O)N3CCCN3C(=O)Cc3c(C)[nH]c4ccccc34)ccc2c(=O)n1C. The van der Waals surface area contributed by atoms with Crippen LogP contribution in [0.2, 0.25) is 0 Å². The van der Waals surface area contributed by atoms with E-state index in [2.05, 4.69) is 9.97 Å². The van der Waals surface area contributed by atoms with Gasteiger partial charge in [0.15, 0.2) is 5.16 Å². The average molecular weight is 476 g/mol. The number of benzene rings is 2. The molecule has 0 saturated carbocycles. The van der Waals surface area contributed by atoms with Gasteiger partial charge in [0.2, 0.25) is 5.91 Å². The van der Waals surface area contributed by atoms with Crippen LogP contribution in [0.25, 0.3) is 21.8 Å². The fourth-order valence-corrected chi connectivity index (χ4v) is 5.15. The van der Waals surface area contributed by atoms with Gasteiger partial charge in [0.05, 0.1) is 17.3 Å². The predicted octanol–water partition coefficient (Wildman–Crippen LogP) is 3.28. The number of H-pyrrole nitrogens is 1. The number of hydrogen-bond donors (Lipinski definition) is 1. The highest BCUT2D eigenvalue weighted by Gasteiger charge is 2.32. The second kappa shape index (κ2) is 8.64. The molecule has 2 aromatic heterocycles. The van der Waals surface area contributed by atoms with Crippen LogP contribution < -0.4 is 5.56 Å². The number of aromatic amines is 1. The first kappa shape index (κ1) is 22.2. The van der Waals surface area contributed by atoms with Crippen molar-refractivity contribution in [3.05, 3.63) is 69.6 Å². The molecule has 2 aromatic carbocycles. The fraction of sp³-hybridized carbons (Fsp3) is 0.280. The Morgan fingerprint density at radius 3 is 2.65 bits per heavy atom. The Hall–Kier alpha value is -3.59. The molecule has 174 valence electrons. The van der Waals surface area contributed by atoms with Crippen LogP contribution in [0.4, 0.5) is 0 Å². The highest BCUT2D eigenvalue weighted by atomic mass is 32.2. The summed E-state index contributed by atoms with van der Waals surface area (Å²) in [6.45, 7) is 2.93. The molecule has 0 bridgehead atoms. The minimum atomic E-state index is -0.267. The lowest BCUT2D eigenvalue weighted by Crippen LogP contribution is -2.45. The minimum Gasteiger partial charge on any atom is -0.358 e. The van der Waals surface area contributed by atoms with E-state index in [1.54, 1.807) is 30.3 Å². The summed E-state index contributed by atoms with van der Waals surface area (Å²) in [4.78, 5) is 47.2. The van der Waals surface area contributed by atoms with Gasteiger partial charge in [-0.2, -0.15) is 0 Å². The number of hydrazine groups is 1. The quantitative estimate of drug-likeness (QED) is 0.361. The monoisotopic (exact) mass is 475 g/mol. The molecule has 1 aliphatic heterocycles. The summed E-state index contributed by atoms with van der Waals surface area (Å²) in [5.41, 5.74) is 3.64. The maximum absolute atomic E-state index is 13.4. The van der Waals surface area contributed by atoms with Crippen LogP contribution in [0.5, 0.6) is 0 Å². The third-order valence-corrected chi connectivity index (χ3v) is 7.10. The van der Waals surface area contributed by atoms with Crippen LogP contribution >= 0.6 is 11.8 Å². The number of carbonyl (C=O) groups is 2. The lowest BCUT2D eigenvalue weighted by molar-refractivity contribution is -0.139. The minimum absolute atomic E-state index is 0.115. The zero-order valence-corrected chi connectivity index (χ0v) is 20.1. The first-order valence-corrected chi connectivity index (χ1v) is 12.3. The smallest absolute Gasteiger partial charge is 0.272 e. The van der Waals surface area contributed by atoms with Crippen LogP contribution in [0.1, 0.15) is 28.0 Å². The van der Waals surface area contributed by atoms with E-state index in [1.807, 2.05) is 37.4 Å². The number of para-hydroxylation sites is 1. The number of thioether (sulfide) groups is 1. The number of fused-ring (bicyclic) bond motifs is 2. The summed E-state index contributed by atoms with van der Waals surface area (Å²) in [5, 5.41) is 5.13. The summed E-state index contributed by atoms with van der Waals surface area (Å²) >= 11 is 1.37. The van der Waals surface area contributed by atoms with Crippen molar-refractivity contribution in [2.45, 2.75) is 24.9 Å². The highest BCUT2D eigenvalue weighted by molar-refractivity contribution is 7.98. The number of amides is 2. The van der Waals surface area contributed by atoms with E-state index in [0.717, 1.165) is 22.2 Å². The topological polar surface area (TPSA) is 91.3 Å². The Labute approximate surface area is 200 Å². The van der Waals surface area contributed by atoms with Crippen molar-refractivity contribution in [3.8, 4) is 0 Å². The van der Waals surface area contributed by atoms with Crippen molar-refractivity contribution in [1.29, 1.82) is 0 Å². The van der Waals surface area contributed by atoms with Crippen molar-refractivity contribution >= 4 is 45.4 Å². The molecule has 0 unspecified atom stereocenters. The summed E-state index contributed by atoms with van der Waals surface area (Å²) in [6, 6.07) is 12.8. The number of rotatable bonds is 4. The number of carbonyl (C=O) groups excluding carboxylic acids is 2. The molecule has 0 radical (unpaired) electrons. The van der Waals surface area contributed by atoms with Crippen LogP contribution in [0.3, 0.4) is 0 Å². The molecule has 1 fully saturated rings. The molecule has 8 nitrogen and oxygen atoms in total. The van der Waals surface area contributed by atoms with E-state index >= 15 is 0 Å². The molecule has 2 amide bonds. The van der Waals surface area contributed by atoms with E-state index in [1.165, 1.54) is 21.3 Å². The van der Waals surface area contributed by atoms with Gasteiger partial charge in [0.25, 0.3) is 11.5 Å². The largest absolute Gasteiger partial charge is 0.358 e. The Balaban J connectivity index is 1.43. The van der Waals surface area contributed by atoms with Gasteiger partial charge >= 0.3 is 0 Å². The van der Waals surface area contributed by atoms with Gasteiger partial charge in [-0.05, 0) is 49.4 Å². The van der Waals surface area contributed by atoms with Gasteiger partial charge in [0, 0.05) is 42.3 Å². The van der Waals surface area contributed by atoms with Crippen molar-refractivity contribution in [2.75, 3.05) is 19.3 Å². The molecular weight excluding hydrogens is 450 g/mol. The number of hydrogen-bond acceptors (Lipinski definition) is 5.